The van der Waals surface area contributed by atoms with Crippen molar-refractivity contribution < 1.29 is 18.0 Å². The van der Waals surface area contributed by atoms with E-state index in [9.17, 15) is 18.0 Å². The minimum atomic E-state index is -4.39. The van der Waals surface area contributed by atoms with Crippen LogP contribution in [0.2, 0.25) is 0 Å². The van der Waals surface area contributed by atoms with Crippen molar-refractivity contribution in [1.82, 2.24) is 5.32 Å². The summed E-state index contributed by atoms with van der Waals surface area (Å²) < 4.78 is 38.1. The predicted molar refractivity (Wildman–Crippen MR) is 74.6 cm³/mol. The topological polar surface area (TPSA) is 29.1 Å². The van der Waals surface area contributed by atoms with Crippen molar-refractivity contribution in [3.05, 3.63) is 56.2 Å². The highest BCUT2D eigenvalue weighted by atomic mass is 79.9. The number of rotatable bonds is 3. The van der Waals surface area contributed by atoms with Gasteiger partial charge in [-0.2, -0.15) is 13.2 Å². The SMILES string of the molecule is O=C(NCc1sccc1Br)c1ccc(C(F)(F)F)cc1. The van der Waals surface area contributed by atoms with Crippen molar-refractivity contribution >= 4 is 33.2 Å². The van der Waals surface area contributed by atoms with Gasteiger partial charge >= 0.3 is 6.18 Å². The van der Waals surface area contributed by atoms with Crippen molar-refractivity contribution in [1.29, 1.82) is 0 Å². The molecule has 0 saturated carbocycles. The molecule has 0 bridgehead atoms. The number of thiophene rings is 1. The summed E-state index contributed by atoms with van der Waals surface area (Å²) in [4.78, 5) is 12.8. The maximum absolute atomic E-state index is 12.4. The Kier molecular flexibility index (Phi) is 4.49. The number of amides is 1. The summed E-state index contributed by atoms with van der Waals surface area (Å²) in [6.45, 7) is 0.331. The first-order valence-electron chi connectivity index (χ1n) is 5.55. The first kappa shape index (κ1) is 15.1. The largest absolute Gasteiger partial charge is 0.416 e. The summed E-state index contributed by atoms with van der Waals surface area (Å²) in [6.07, 6.45) is -4.39. The monoisotopic (exact) mass is 363 g/mol. The number of alkyl halides is 3. The third kappa shape index (κ3) is 3.61. The molecule has 0 aliphatic rings. The van der Waals surface area contributed by atoms with Gasteiger partial charge in [-0.25, -0.2) is 0 Å². The standard InChI is InChI=1S/C13H9BrF3NOS/c14-10-5-6-20-11(10)7-18-12(19)8-1-3-9(4-2-8)13(15,16)17/h1-6H,7H2,(H,18,19). The Morgan fingerprint density at radius 2 is 1.85 bits per heavy atom. The zero-order valence-electron chi connectivity index (χ0n) is 10.00. The van der Waals surface area contributed by atoms with E-state index >= 15 is 0 Å². The van der Waals surface area contributed by atoms with Crippen LogP contribution in [0.1, 0.15) is 20.8 Å². The van der Waals surface area contributed by atoms with Crippen LogP contribution in [0, 0.1) is 0 Å². The minimum Gasteiger partial charge on any atom is -0.347 e. The zero-order chi connectivity index (χ0) is 14.8. The van der Waals surface area contributed by atoms with Crippen molar-refractivity contribution in [2.75, 3.05) is 0 Å². The van der Waals surface area contributed by atoms with Gasteiger partial charge in [-0.1, -0.05) is 0 Å². The molecule has 0 radical (unpaired) electrons. The maximum atomic E-state index is 12.4. The van der Waals surface area contributed by atoms with Crippen LogP contribution >= 0.6 is 27.3 Å². The molecule has 7 heteroatoms. The second-order valence-electron chi connectivity index (χ2n) is 3.95. The van der Waals surface area contributed by atoms with Crippen molar-refractivity contribution in [2.24, 2.45) is 0 Å². The highest BCUT2D eigenvalue weighted by Gasteiger charge is 2.30. The van der Waals surface area contributed by atoms with Gasteiger partial charge in [0.25, 0.3) is 5.91 Å². The number of hydrogen-bond donors (Lipinski definition) is 1. The van der Waals surface area contributed by atoms with Gasteiger partial charge in [0.05, 0.1) is 12.1 Å². The van der Waals surface area contributed by atoms with Gasteiger partial charge < -0.3 is 5.32 Å². The molecule has 1 heterocycles. The lowest BCUT2D eigenvalue weighted by Crippen LogP contribution is -2.22. The molecule has 1 amide bonds. The van der Waals surface area contributed by atoms with Crippen LogP contribution in [0.25, 0.3) is 0 Å². The molecule has 0 fully saturated rings. The van der Waals surface area contributed by atoms with E-state index in [1.807, 2.05) is 11.4 Å². The molecule has 1 N–H and O–H groups in total. The Labute approximate surface area is 125 Å². The molecule has 2 aromatic rings. The molecule has 0 saturated heterocycles. The van der Waals surface area contributed by atoms with Crippen molar-refractivity contribution in [2.45, 2.75) is 12.7 Å². The lowest BCUT2D eigenvalue weighted by molar-refractivity contribution is -0.137. The van der Waals surface area contributed by atoms with Crippen LogP contribution in [-0.2, 0) is 12.7 Å². The van der Waals surface area contributed by atoms with Gasteiger partial charge in [-0.15, -0.1) is 11.3 Å². The summed E-state index contributed by atoms with van der Waals surface area (Å²) in [5.41, 5.74) is -0.569. The Morgan fingerprint density at radius 3 is 2.35 bits per heavy atom. The van der Waals surface area contributed by atoms with Crippen LogP contribution in [0.15, 0.2) is 40.2 Å². The number of carbonyl (C=O) groups excluding carboxylic acids is 1. The number of halogens is 4. The fourth-order valence-electron chi connectivity index (χ4n) is 1.52. The molecule has 1 aromatic carbocycles. The van der Waals surface area contributed by atoms with E-state index in [-0.39, 0.29) is 5.56 Å². The third-order valence-electron chi connectivity index (χ3n) is 2.57. The van der Waals surface area contributed by atoms with E-state index in [0.717, 1.165) is 21.5 Å². The van der Waals surface area contributed by atoms with Crippen LogP contribution in [0.4, 0.5) is 13.2 Å². The molecule has 2 rings (SSSR count). The van der Waals surface area contributed by atoms with E-state index in [0.29, 0.717) is 6.54 Å². The quantitative estimate of drug-likeness (QED) is 0.856. The Balaban J connectivity index is 2.01. The predicted octanol–water partition coefficient (Wildman–Crippen LogP) is 4.46. The summed E-state index contributed by atoms with van der Waals surface area (Å²) in [6, 6.07) is 6.00. The molecular weight excluding hydrogens is 355 g/mol. The average molecular weight is 364 g/mol. The number of benzene rings is 1. The maximum Gasteiger partial charge on any atom is 0.416 e. The van der Waals surface area contributed by atoms with Gasteiger partial charge in [0.2, 0.25) is 0 Å². The number of hydrogen-bond acceptors (Lipinski definition) is 2. The Hall–Kier alpha value is -1.34. The Morgan fingerprint density at radius 1 is 1.20 bits per heavy atom. The van der Waals surface area contributed by atoms with Gasteiger partial charge in [-0.05, 0) is 51.6 Å². The highest BCUT2D eigenvalue weighted by molar-refractivity contribution is 9.10. The molecule has 0 unspecified atom stereocenters. The zero-order valence-corrected chi connectivity index (χ0v) is 12.4. The van der Waals surface area contributed by atoms with Crippen LogP contribution < -0.4 is 5.32 Å². The van der Waals surface area contributed by atoms with Crippen LogP contribution in [0.5, 0.6) is 0 Å². The van der Waals surface area contributed by atoms with Gasteiger partial charge in [-0.3, -0.25) is 4.79 Å². The number of carbonyl (C=O) groups is 1. The molecule has 0 spiro atoms. The molecule has 20 heavy (non-hydrogen) atoms. The third-order valence-corrected chi connectivity index (χ3v) is 4.50. The van der Waals surface area contributed by atoms with Crippen LogP contribution in [-0.4, -0.2) is 5.91 Å². The summed E-state index contributed by atoms with van der Waals surface area (Å²) in [5.74, 6) is -0.404. The van der Waals surface area contributed by atoms with Gasteiger partial charge in [0.1, 0.15) is 0 Å². The van der Waals surface area contributed by atoms with Gasteiger partial charge in [0.15, 0.2) is 0 Å². The minimum absolute atomic E-state index is 0.200. The molecule has 106 valence electrons. The first-order chi connectivity index (χ1) is 9.38. The van der Waals surface area contributed by atoms with Crippen LogP contribution in [0.3, 0.4) is 0 Å². The van der Waals surface area contributed by atoms with Crippen molar-refractivity contribution in [3.63, 3.8) is 0 Å². The summed E-state index contributed by atoms with van der Waals surface area (Å²) in [7, 11) is 0. The van der Waals surface area contributed by atoms with Crippen molar-refractivity contribution in [3.8, 4) is 0 Å². The molecule has 2 nitrogen and oxygen atoms in total. The fourth-order valence-corrected chi connectivity index (χ4v) is 2.96. The number of nitrogens with one attached hydrogen (secondary N) is 1. The second kappa shape index (κ2) is 5.97. The smallest absolute Gasteiger partial charge is 0.347 e. The fraction of sp³-hybridized carbons (Fsp3) is 0.154. The lowest BCUT2D eigenvalue weighted by atomic mass is 10.1. The summed E-state index contributed by atoms with van der Waals surface area (Å²) >= 11 is 4.82. The van der Waals surface area contributed by atoms with E-state index < -0.39 is 17.6 Å². The molecular formula is C13H9BrF3NOS. The molecule has 1 aromatic heterocycles. The van der Waals surface area contributed by atoms with Gasteiger partial charge in [0, 0.05) is 14.9 Å². The first-order valence-corrected chi connectivity index (χ1v) is 7.22. The Bertz CT molecular complexity index is 607. The van der Waals surface area contributed by atoms with E-state index in [1.54, 1.807) is 0 Å². The molecule has 0 aliphatic carbocycles. The summed E-state index contributed by atoms with van der Waals surface area (Å²) in [5, 5.41) is 4.54. The second-order valence-corrected chi connectivity index (χ2v) is 5.80. The van der Waals surface area contributed by atoms with E-state index in [2.05, 4.69) is 21.2 Å². The molecule has 0 aliphatic heterocycles. The van der Waals surface area contributed by atoms with E-state index in [4.69, 9.17) is 0 Å². The molecule has 0 atom stereocenters. The highest BCUT2D eigenvalue weighted by Crippen LogP contribution is 2.29. The normalized spacial score (nSPS) is 11.4. The lowest BCUT2D eigenvalue weighted by Gasteiger charge is -2.08. The average Bonchev–Trinajstić information content (AvgIpc) is 2.81. The van der Waals surface area contributed by atoms with E-state index in [1.165, 1.54) is 23.5 Å².